The summed E-state index contributed by atoms with van der Waals surface area (Å²) in [5.74, 6) is 0. The summed E-state index contributed by atoms with van der Waals surface area (Å²) in [7, 11) is 0. The van der Waals surface area contributed by atoms with E-state index in [9.17, 15) is 10.7 Å². The van der Waals surface area contributed by atoms with Crippen LogP contribution in [0.1, 0.15) is 1.43 Å². The average Bonchev–Trinajstić information content (AvgIpc) is 0.811. The summed E-state index contributed by atoms with van der Waals surface area (Å²) in [6.45, 7) is 0. The summed E-state index contributed by atoms with van der Waals surface area (Å²) >= 11 is -4.25. The van der Waals surface area contributed by atoms with E-state index in [-0.39, 0.29) is 31.0 Å². The molecule has 0 aromatic carbocycles. The summed E-state index contributed by atoms with van der Waals surface area (Å²) < 4.78 is 29.2. The summed E-state index contributed by atoms with van der Waals surface area (Å²) in [5, 5.41) is 0. The molecule has 0 aromatic rings. The molecule has 0 saturated carbocycles. The van der Waals surface area contributed by atoms with Gasteiger partial charge in [0.1, 0.15) is 0 Å². The van der Waals surface area contributed by atoms with Gasteiger partial charge in [-0.2, -0.15) is 0 Å². The molecule has 5 heavy (non-hydrogen) atoms. The maximum atomic E-state index is 9.75. The number of hydrogen-bond donors (Lipinski definition) is 0. The second-order valence-corrected chi connectivity index (χ2v) is 0.625. The van der Waals surface area contributed by atoms with Crippen LogP contribution in [0.25, 0.3) is 0 Å². The molecular formula is HF3FeNa. The largest absolute Gasteiger partial charge is 1.00 e. The molecule has 0 heterocycles. The summed E-state index contributed by atoms with van der Waals surface area (Å²) in [6, 6.07) is 0. The Labute approximate surface area is 56.8 Å². The van der Waals surface area contributed by atoms with Crippen LogP contribution < -0.4 is 29.6 Å². The van der Waals surface area contributed by atoms with Crippen molar-refractivity contribution in [3.05, 3.63) is 0 Å². The predicted octanol–water partition coefficient (Wildman–Crippen LogP) is -1.63. The zero-order chi connectivity index (χ0) is 3.58. The van der Waals surface area contributed by atoms with Gasteiger partial charge in [0.2, 0.25) is 0 Å². The Balaban J connectivity index is -0.0000000450. The first-order valence-corrected chi connectivity index (χ1v) is 1.65. The Morgan fingerprint density at radius 3 is 1.20 bits per heavy atom. The molecule has 0 radical (unpaired) electrons. The van der Waals surface area contributed by atoms with Gasteiger partial charge in [0.25, 0.3) is 0 Å². The van der Waals surface area contributed by atoms with E-state index in [4.69, 9.17) is 0 Å². The Morgan fingerprint density at radius 2 is 1.20 bits per heavy atom. The van der Waals surface area contributed by atoms with Crippen molar-refractivity contribution in [1.29, 1.82) is 0 Å². The van der Waals surface area contributed by atoms with Gasteiger partial charge in [-0.1, -0.05) is 0 Å². The summed E-state index contributed by atoms with van der Waals surface area (Å²) in [4.78, 5) is 0. The maximum Gasteiger partial charge on any atom is 1.00 e. The predicted molar refractivity (Wildman–Crippen MR) is 4.44 cm³/mol. The molecular weight excluding hydrogens is 136 g/mol. The van der Waals surface area contributed by atoms with E-state index in [0.717, 1.165) is 0 Å². The fraction of sp³-hybridized carbons (Fsp3) is 0. The van der Waals surface area contributed by atoms with Crippen molar-refractivity contribution in [3.8, 4) is 0 Å². The van der Waals surface area contributed by atoms with E-state index >= 15 is 0 Å². The van der Waals surface area contributed by atoms with Gasteiger partial charge in [0.05, 0.1) is 0 Å². The standard InChI is InChI=1S/3FH.Fe.Na.H/h3*1H;;;/q;;;+3;+1;-1/p-3. The Kier molecular flexibility index (Phi) is 10.2. The molecule has 0 bridgehead atoms. The fourth-order valence-corrected chi connectivity index (χ4v) is 0. The quantitative estimate of drug-likeness (QED) is 0.351. The van der Waals surface area contributed by atoms with Crippen LogP contribution in [0.3, 0.4) is 0 Å². The first kappa shape index (κ1) is 9.58. The minimum atomic E-state index is -4.25. The maximum absolute atomic E-state index is 9.75. The van der Waals surface area contributed by atoms with Gasteiger partial charge in [0.15, 0.2) is 0 Å². The van der Waals surface area contributed by atoms with Crippen molar-refractivity contribution in [2.75, 3.05) is 0 Å². The van der Waals surface area contributed by atoms with Crippen LogP contribution in [0.2, 0.25) is 0 Å². The van der Waals surface area contributed by atoms with Crippen molar-refractivity contribution in [3.63, 3.8) is 0 Å². The van der Waals surface area contributed by atoms with E-state index < -0.39 is 15.3 Å². The molecule has 0 unspecified atom stereocenters. The van der Waals surface area contributed by atoms with Crippen molar-refractivity contribution in [2.45, 2.75) is 0 Å². The Morgan fingerprint density at radius 1 is 1.20 bits per heavy atom. The monoisotopic (exact) mass is 137 g/mol. The van der Waals surface area contributed by atoms with Crippen LogP contribution in [-0.4, -0.2) is 0 Å². The minimum absolute atomic E-state index is 0. The van der Waals surface area contributed by atoms with Crippen molar-refractivity contribution in [2.24, 2.45) is 0 Å². The van der Waals surface area contributed by atoms with E-state index in [1.165, 1.54) is 0 Å². The molecule has 0 atom stereocenters. The van der Waals surface area contributed by atoms with Crippen molar-refractivity contribution < 1.29 is 56.9 Å². The van der Waals surface area contributed by atoms with E-state index in [1.54, 1.807) is 0 Å². The van der Waals surface area contributed by atoms with E-state index in [0.29, 0.717) is 0 Å². The zero-order valence-corrected chi connectivity index (χ0v) is 5.59. The zero-order valence-electron chi connectivity index (χ0n) is 3.49. The second kappa shape index (κ2) is 5.31. The van der Waals surface area contributed by atoms with Gasteiger partial charge in [-0.3, -0.25) is 0 Å². The third-order valence-electron chi connectivity index (χ3n) is 0. The third-order valence-corrected chi connectivity index (χ3v) is 0. The number of hydrogen-bond acceptors (Lipinski definition) is 0. The van der Waals surface area contributed by atoms with Crippen LogP contribution in [0, 0.1) is 0 Å². The molecule has 31 valence electrons. The van der Waals surface area contributed by atoms with Crippen molar-refractivity contribution >= 4 is 0 Å². The molecule has 0 fully saturated rings. The molecule has 0 aliphatic rings. The van der Waals surface area contributed by atoms with Crippen LogP contribution in [0.5, 0.6) is 0 Å². The van der Waals surface area contributed by atoms with Gasteiger partial charge in [-0.05, 0) is 0 Å². The van der Waals surface area contributed by atoms with Gasteiger partial charge in [-0.25, -0.2) is 0 Å². The molecule has 0 rings (SSSR count). The normalized spacial score (nSPS) is 9.00. The summed E-state index contributed by atoms with van der Waals surface area (Å²) in [5.41, 5.74) is 0. The molecule has 0 aliphatic heterocycles. The minimum Gasteiger partial charge on any atom is -1.00 e. The first-order valence-electron chi connectivity index (χ1n) is 0.401. The second-order valence-electron chi connectivity index (χ2n) is 0.152. The van der Waals surface area contributed by atoms with Crippen LogP contribution >= 0.6 is 0 Å². The van der Waals surface area contributed by atoms with Gasteiger partial charge < -0.3 is 1.43 Å². The summed E-state index contributed by atoms with van der Waals surface area (Å²) in [6.07, 6.45) is 0. The number of rotatable bonds is 0. The molecule has 0 aromatic heterocycles. The third kappa shape index (κ3) is 33.9. The van der Waals surface area contributed by atoms with E-state index in [2.05, 4.69) is 0 Å². The van der Waals surface area contributed by atoms with Gasteiger partial charge >= 0.3 is 55.5 Å². The molecule has 0 saturated heterocycles. The van der Waals surface area contributed by atoms with Gasteiger partial charge in [0, 0.05) is 0 Å². The van der Waals surface area contributed by atoms with Crippen LogP contribution in [0.4, 0.5) is 10.7 Å². The molecule has 0 nitrogen and oxygen atoms in total. The molecule has 0 aliphatic carbocycles. The SMILES string of the molecule is [F][Fe]([F])[F].[H-].[Na+]. The molecule has 0 N–H and O–H groups in total. The van der Waals surface area contributed by atoms with Crippen LogP contribution in [0.15, 0.2) is 0 Å². The first-order chi connectivity index (χ1) is 1.73. The molecule has 5 heteroatoms. The van der Waals surface area contributed by atoms with E-state index in [1.807, 2.05) is 0 Å². The molecule has 0 spiro atoms. The smallest absolute Gasteiger partial charge is 1.00 e. The number of halogens is 3. The Bertz CT molecular complexity index is 15.5. The topological polar surface area (TPSA) is 0 Å². The molecule has 0 amide bonds. The Hall–Kier alpha value is 1.31. The fourth-order valence-electron chi connectivity index (χ4n) is 0. The van der Waals surface area contributed by atoms with Crippen LogP contribution in [-0.2, 0) is 15.3 Å². The van der Waals surface area contributed by atoms with Gasteiger partial charge in [-0.15, -0.1) is 0 Å². The van der Waals surface area contributed by atoms with Crippen molar-refractivity contribution in [1.82, 2.24) is 0 Å². The average molecular weight is 137 g/mol.